The Labute approximate surface area is 132 Å². The Morgan fingerprint density at radius 1 is 1.41 bits per heavy atom. The molecule has 3 rings (SSSR count). The van der Waals surface area contributed by atoms with E-state index in [1.165, 1.54) is 6.42 Å². The molecule has 2 unspecified atom stereocenters. The van der Waals surface area contributed by atoms with E-state index in [2.05, 4.69) is 11.0 Å². The van der Waals surface area contributed by atoms with Gasteiger partial charge in [0.05, 0.1) is 18.3 Å². The molecule has 1 N–H and O–H groups in total. The zero-order valence-electron chi connectivity index (χ0n) is 13.2. The predicted octanol–water partition coefficient (Wildman–Crippen LogP) is 2.69. The Bertz CT molecular complexity index is 581. The van der Waals surface area contributed by atoms with Gasteiger partial charge in [0.1, 0.15) is 11.8 Å². The van der Waals surface area contributed by atoms with Gasteiger partial charge in [-0.3, -0.25) is 4.90 Å². The van der Waals surface area contributed by atoms with Crippen molar-refractivity contribution in [1.82, 2.24) is 4.90 Å². The summed E-state index contributed by atoms with van der Waals surface area (Å²) in [7, 11) is 1.59. The van der Waals surface area contributed by atoms with E-state index in [0.717, 1.165) is 50.9 Å². The lowest BCUT2D eigenvalue weighted by molar-refractivity contribution is -0.0967. The zero-order valence-corrected chi connectivity index (χ0v) is 13.2. The SMILES string of the molecule is COc1ccc(CN2CCC3(O)CCCCC3C2)cc1C#N. The fourth-order valence-electron chi connectivity index (χ4n) is 3.98. The Balaban J connectivity index is 1.68. The summed E-state index contributed by atoms with van der Waals surface area (Å²) in [4.78, 5) is 2.41. The highest BCUT2D eigenvalue weighted by Crippen LogP contribution is 2.40. The zero-order chi connectivity index (χ0) is 15.6. The van der Waals surface area contributed by atoms with Crippen molar-refractivity contribution in [3.63, 3.8) is 0 Å². The van der Waals surface area contributed by atoms with Crippen LogP contribution in [0.1, 0.15) is 43.2 Å². The molecular formula is C18H24N2O2. The number of rotatable bonds is 3. The molecule has 0 radical (unpaired) electrons. The van der Waals surface area contributed by atoms with E-state index in [1.54, 1.807) is 7.11 Å². The maximum atomic E-state index is 10.7. The van der Waals surface area contributed by atoms with E-state index < -0.39 is 5.60 Å². The molecule has 1 aromatic rings. The number of methoxy groups -OCH3 is 1. The minimum absolute atomic E-state index is 0.406. The summed E-state index contributed by atoms with van der Waals surface area (Å²) in [6.07, 6.45) is 5.38. The number of ether oxygens (including phenoxy) is 1. The van der Waals surface area contributed by atoms with Crippen LogP contribution < -0.4 is 4.74 Å². The number of aliphatic hydroxyl groups is 1. The van der Waals surface area contributed by atoms with Gasteiger partial charge in [-0.2, -0.15) is 5.26 Å². The van der Waals surface area contributed by atoms with E-state index in [1.807, 2.05) is 18.2 Å². The molecule has 2 aliphatic rings. The molecule has 0 spiro atoms. The molecule has 0 aromatic heterocycles. The maximum Gasteiger partial charge on any atom is 0.136 e. The Morgan fingerprint density at radius 2 is 2.27 bits per heavy atom. The van der Waals surface area contributed by atoms with E-state index in [0.29, 0.717) is 17.2 Å². The first-order valence-electron chi connectivity index (χ1n) is 8.16. The highest BCUT2D eigenvalue weighted by molar-refractivity contribution is 5.45. The van der Waals surface area contributed by atoms with Crippen LogP contribution in [0.2, 0.25) is 0 Å². The number of benzene rings is 1. The second kappa shape index (κ2) is 6.28. The van der Waals surface area contributed by atoms with Crippen LogP contribution in [0.5, 0.6) is 5.75 Å². The van der Waals surface area contributed by atoms with Crippen LogP contribution >= 0.6 is 0 Å². The highest BCUT2D eigenvalue weighted by atomic mass is 16.5. The number of hydrogen-bond donors (Lipinski definition) is 1. The topological polar surface area (TPSA) is 56.5 Å². The summed E-state index contributed by atoms with van der Waals surface area (Å²) in [5, 5.41) is 19.9. The third-order valence-corrected chi connectivity index (χ3v) is 5.30. The Kier molecular flexibility index (Phi) is 4.37. The molecule has 2 atom stereocenters. The van der Waals surface area contributed by atoms with Crippen LogP contribution in [0.15, 0.2) is 18.2 Å². The number of nitrogens with zero attached hydrogens (tertiary/aromatic N) is 2. The average Bonchev–Trinajstić information content (AvgIpc) is 2.55. The molecule has 1 aliphatic carbocycles. The van der Waals surface area contributed by atoms with E-state index in [-0.39, 0.29) is 0 Å². The van der Waals surface area contributed by atoms with Gasteiger partial charge in [-0.15, -0.1) is 0 Å². The molecule has 4 heteroatoms. The van der Waals surface area contributed by atoms with Crippen molar-refractivity contribution in [3.05, 3.63) is 29.3 Å². The van der Waals surface area contributed by atoms with E-state index in [4.69, 9.17) is 4.74 Å². The van der Waals surface area contributed by atoms with Gasteiger partial charge >= 0.3 is 0 Å². The summed E-state index contributed by atoms with van der Waals surface area (Å²) in [5.74, 6) is 1.04. The van der Waals surface area contributed by atoms with Crippen LogP contribution in [0.25, 0.3) is 0 Å². The predicted molar refractivity (Wildman–Crippen MR) is 84.5 cm³/mol. The first kappa shape index (κ1) is 15.3. The molecule has 1 aromatic carbocycles. The van der Waals surface area contributed by atoms with Gasteiger partial charge in [0.15, 0.2) is 0 Å². The van der Waals surface area contributed by atoms with Crippen LogP contribution in [0, 0.1) is 17.2 Å². The fraction of sp³-hybridized carbons (Fsp3) is 0.611. The molecule has 22 heavy (non-hydrogen) atoms. The number of likely N-dealkylation sites (tertiary alicyclic amines) is 1. The van der Waals surface area contributed by atoms with Crippen LogP contribution in [-0.4, -0.2) is 35.8 Å². The molecule has 4 nitrogen and oxygen atoms in total. The van der Waals surface area contributed by atoms with Crippen molar-refractivity contribution in [2.75, 3.05) is 20.2 Å². The number of nitriles is 1. The smallest absolute Gasteiger partial charge is 0.136 e. The van der Waals surface area contributed by atoms with Gasteiger partial charge in [0.2, 0.25) is 0 Å². The lowest BCUT2D eigenvalue weighted by atomic mass is 9.71. The van der Waals surface area contributed by atoms with E-state index >= 15 is 0 Å². The quantitative estimate of drug-likeness (QED) is 0.932. The summed E-state index contributed by atoms with van der Waals surface area (Å²) in [6, 6.07) is 8.01. The molecule has 1 saturated carbocycles. The standard InChI is InChI=1S/C18H24N2O2/c1-22-17-6-5-14(10-15(17)11-19)12-20-9-8-18(21)7-3-2-4-16(18)13-20/h5-6,10,16,21H,2-4,7-9,12-13H2,1H3. The minimum atomic E-state index is -0.424. The van der Waals surface area contributed by atoms with Crippen LogP contribution in [0.4, 0.5) is 0 Å². The monoisotopic (exact) mass is 300 g/mol. The second-order valence-electron chi connectivity index (χ2n) is 6.68. The number of hydrogen-bond acceptors (Lipinski definition) is 4. The first-order valence-corrected chi connectivity index (χ1v) is 8.16. The third-order valence-electron chi connectivity index (χ3n) is 5.30. The summed E-state index contributed by atoms with van der Waals surface area (Å²) < 4.78 is 5.20. The van der Waals surface area contributed by atoms with Crippen molar-refractivity contribution in [3.8, 4) is 11.8 Å². The summed E-state index contributed by atoms with van der Waals surface area (Å²) in [6.45, 7) is 2.73. The highest BCUT2D eigenvalue weighted by Gasteiger charge is 2.42. The molecule has 118 valence electrons. The molecule has 2 fully saturated rings. The van der Waals surface area contributed by atoms with Crippen molar-refractivity contribution in [2.24, 2.45) is 5.92 Å². The van der Waals surface area contributed by atoms with Crippen LogP contribution in [-0.2, 0) is 6.54 Å². The second-order valence-corrected chi connectivity index (χ2v) is 6.68. The lowest BCUT2D eigenvalue weighted by Crippen LogP contribution is -2.52. The van der Waals surface area contributed by atoms with Gasteiger partial charge in [-0.1, -0.05) is 18.9 Å². The van der Waals surface area contributed by atoms with Gasteiger partial charge in [0.25, 0.3) is 0 Å². The van der Waals surface area contributed by atoms with Gasteiger partial charge < -0.3 is 9.84 Å². The van der Waals surface area contributed by atoms with Gasteiger partial charge in [-0.25, -0.2) is 0 Å². The average molecular weight is 300 g/mol. The summed E-state index contributed by atoms with van der Waals surface area (Å²) >= 11 is 0. The fourth-order valence-corrected chi connectivity index (χ4v) is 3.98. The molecule has 0 amide bonds. The van der Waals surface area contributed by atoms with Crippen LogP contribution in [0.3, 0.4) is 0 Å². The van der Waals surface area contributed by atoms with Crippen molar-refractivity contribution in [1.29, 1.82) is 5.26 Å². The maximum absolute atomic E-state index is 10.7. The molecule has 1 saturated heterocycles. The van der Waals surface area contributed by atoms with Crippen molar-refractivity contribution < 1.29 is 9.84 Å². The lowest BCUT2D eigenvalue weighted by Gasteiger charge is -2.47. The first-order chi connectivity index (χ1) is 10.6. The Morgan fingerprint density at radius 3 is 3.05 bits per heavy atom. The normalized spacial score (nSPS) is 28.7. The Hall–Kier alpha value is -1.57. The molecule has 1 heterocycles. The molecule has 1 aliphatic heterocycles. The number of piperidine rings is 1. The van der Waals surface area contributed by atoms with Crippen molar-refractivity contribution in [2.45, 2.75) is 44.2 Å². The van der Waals surface area contributed by atoms with Crippen molar-refractivity contribution >= 4 is 0 Å². The third kappa shape index (κ3) is 2.97. The van der Waals surface area contributed by atoms with Gasteiger partial charge in [0, 0.05) is 25.6 Å². The van der Waals surface area contributed by atoms with Gasteiger partial charge in [-0.05, 0) is 37.0 Å². The molecular weight excluding hydrogens is 276 g/mol. The largest absolute Gasteiger partial charge is 0.495 e. The molecule has 0 bridgehead atoms. The summed E-state index contributed by atoms with van der Waals surface area (Å²) in [5.41, 5.74) is 1.30. The minimum Gasteiger partial charge on any atom is -0.495 e. The van der Waals surface area contributed by atoms with E-state index in [9.17, 15) is 10.4 Å². The number of fused-ring (bicyclic) bond motifs is 1.